The first-order valence-electron chi connectivity index (χ1n) is 4.02. The molecule has 1 unspecified atom stereocenters. The highest BCUT2D eigenvalue weighted by atomic mass is 15.3. The predicted molar refractivity (Wildman–Crippen MR) is 45.5 cm³/mol. The van der Waals surface area contributed by atoms with E-state index in [-0.39, 0.29) is 0 Å². The van der Waals surface area contributed by atoms with Crippen LogP contribution in [0.25, 0.3) is 0 Å². The van der Waals surface area contributed by atoms with E-state index in [9.17, 15) is 0 Å². The standard InChI is InChI=1S/C8H15N3/c1-3-8(7-9-2)11-6-4-5-10-11/h4-6,8-9H,3,7H2,1-2H3. The van der Waals surface area contributed by atoms with Gasteiger partial charge in [0.1, 0.15) is 0 Å². The van der Waals surface area contributed by atoms with E-state index < -0.39 is 0 Å². The van der Waals surface area contributed by atoms with Crippen molar-refractivity contribution in [2.75, 3.05) is 13.6 Å². The highest BCUT2D eigenvalue weighted by molar-refractivity contribution is 4.81. The number of hydrogen-bond donors (Lipinski definition) is 1. The predicted octanol–water partition coefficient (Wildman–Crippen LogP) is 1.05. The molecule has 0 aromatic carbocycles. The van der Waals surface area contributed by atoms with Gasteiger partial charge in [0.05, 0.1) is 6.04 Å². The molecule has 11 heavy (non-hydrogen) atoms. The Labute approximate surface area is 67.4 Å². The van der Waals surface area contributed by atoms with E-state index in [4.69, 9.17) is 0 Å². The average molecular weight is 153 g/mol. The van der Waals surface area contributed by atoms with Crippen LogP contribution in [0, 0.1) is 0 Å². The summed E-state index contributed by atoms with van der Waals surface area (Å²) in [5, 5.41) is 7.33. The molecule has 1 heterocycles. The monoisotopic (exact) mass is 153 g/mol. The van der Waals surface area contributed by atoms with Crippen molar-refractivity contribution in [1.82, 2.24) is 15.1 Å². The summed E-state index contributed by atoms with van der Waals surface area (Å²) in [6, 6.07) is 2.45. The Hall–Kier alpha value is -0.830. The summed E-state index contributed by atoms with van der Waals surface area (Å²) in [7, 11) is 1.96. The number of nitrogens with one attached hydrogen (secondary N) is 1. The lowest BCUT2D eigenvalue weighted by molar-refractivity contribution is 0.425. The molecule has 0 aliphatic heterocycles. The molecule has 3 nitrogen and oxygen atoms in total. The molecule has 1 atom stereocenters. The maximum atomic E-state index is 4.18. The lowest BCUT2D eigenvalue weighted by Crippen LogP contribution is -2.22. The molecule has 62 valence electrons. The van der Waals surface area contributed by atoms with Gasteiger partial charge in [-0.3, -0.25) is 4.68 Å². The average Bonchev–Trinajstić information content (AvgIpc) is 2.52. The van der Waals surface area contributed by atoms with Crippen molar-refractivity contribution in [3.8, 4) is 0 Å². The molecule has 0 spiro atoms. The third-order valence-corrected chi connectivity index (χ3v) is 1.81. The summed E-state index contributed by atoms with van der Waals surface area (Å²) in [5.74, 6) is 0. The first-order chi connectivity index (χ1) is 5.38. The molecule has 3 heteroatoms. The van der Waals surface area contributed by atoms with Gasteiger partial charge in [-0.05, 0) is 19.5 Å². The first kappa shape index (κ1) is 8.27. The summed E-state index contributed by atoms with van der Waals surface area (Å²) >= 11 is 0. The SMILES string of the molecule is CCC(CNC)n1cccn1. The number of nitrogens with zero attached hydrogens (tertiary/aromatic N) is 2. The molecular weight excluding hydrogens is 138 g/mol. The Morgan fingerprint density at radius 2 is 2.45 bits per heavy atom. The largest absolute Gasteiger partial charge is 0.318 e. The van der Waals surface area contributed by atoms with Crippen LogP contribution in [0.3, 0.4) is 0 Å². The van der Waals surface area contributed by atoms with Crippen molar-refractivity contribution in [1.29, 1.82) is 0 Å². The zero-order valence-electron chi connectivity index (χ0n) is 7.12. The molecule has 1 aromatic rings. The van der Waals surface area contributed by atoms with Crippen molar-refractivity contribution in [2.24, 2.45) is 0 Å². The van der Waals surface area contributed by atoms with Crippen molar-refractivity contribution >= 4 is 0 Å². The van der Waals surface area contributed by atoms with E-state index >= 15 is 0 Å². The summed E-state index contributed by atoms with van der Waals surface area (Å²) in [5.41, 5.74) is 0. The fraction of sp³-hybridized carbons (Fsp3) is 0.625. The molecule has 0 saturated carbocycles. The van der Waals surface area contributed by atoms with Gasteiger partial charge in [-0.2, -0.15) is 5.10 Å². The van der Waals surface area contributed by atoms with Gasteiger partial charge in [0.2, 0.25) is 0 Å². The van der Waals surface area contributed by atoms with Crippen molar-refractivity contribution in [3.63, 3.8) is 0 Å². The molecule has 1 N–H and O–H groups in total. The molecule has 0 aliphatic rings. The lowest BCUT2D eigenvalue weighted by Gasteiger charge is -2.14. The molecule has 0 aliphatic carbocycles. The molecule has 0 radical (unpaired) electrons. The van der Waals surface area contributed by atoms with Crippen LogP contribution in [-0.2, 0) is 0 Å². The molecular formula is C8H15N3. The van der Waals surface area contributed by atoms with Crippen molar-refractivity contribution in [3.05, 3.63) is 18.5 Å². The van der Waals surface area contributed by atoms with Crippen LogP contribution in [0.2, 0.25) is 0 Å². The molecule has 0 bridgehead atoms. The minimum Gasteiger partial charge on any atom is -0.318 e. The number of likely N-dealkylation sites (N-methyl/N-ethyl adjacent to an activating group) is 1. The maximum absolute atomic E-state index is 4.18. The van der Waals surface area contributed by atoms with E-state index in [1.165, 1.54) is 0 Å². The van der Waals surface area contributed by atoms with Gasteiger partial charge in [-0.1, -0.05) is 6.92 Å². The highest BCUT2D eigenvalue weighted by Crippen LogP contribution is 2.06. The van der Waals surface area contributed by atoms with E-state index in [1.54, 1.807) is 0 Å². The summed E-state index contributed by atoms with van der Waals surface area (Å²) < 4.78 is 2.00. The van der Waals surface area contributed by atoms with Crippen LogP contribution in [0.5, 0.6) is 0 Å². The Balaban J connectivity index is 2.56. The normalized spacial score (nSPS) is 13.3. The molecule has 1 rings (SSSR count). The lowest BCUT2D eigenvalue weighted by atomic mass is 10.2. The van der Waals surface area contributed by atoms with Gasteiger partial charge in [-0.15, -0.1) is 0 Å². The number of aromatic nitrogens is 2. The smallest absolute Gasteiger partial charge is 0.0640 e. The first-order valence-corrected chi connectivity index (χ1v) is 4.02. The quantitative estimate of drug-likeness (QED) is 0.700. The zero-order valence-corrected chi connectivity index (χ0v) is 7.12. The van der Waals surface area contributed by atoms with Gasteiger partial charge in [-0.25, -0.2) is 0 Å². The van der Waals surface area contributed by atoms with Gasteiger partial charge >= 0.3 is 0 Å². The highest BCUT2D eigenvalue weighted by Gasteiger charge is 2.05. The topological polar surface area (TPSA) is 29.9 Å². The second kappa shape index (κ2) is 4.13. The Bertz CT molecular complexity index is 181. The van der Waals surface area contributed by atoms with Crippen molar-refractivity contribution in [2.45, 2.75) is 19.4 Å². The molecule has 0 fully saturated rings. The third kappa shape index (κ3) is 2.05. The second-order valence-electron chi connectivity index (χ2n) is 2.61. The Morgan fingerprint density at radius 1 is 1.64 bits per heavy atom. The van der Waals surface area contributed by atoms with E-state index in [0.717, 1.165) is 13.0 Å². The summed E-state index contributed by atoms with van der Waals surface area (Å²) in [6.07, 6.45) is 4.94. The van der Waals surface area contributed by atoms with Crippen LogP contribution in [0.4, 0.5) is 0 Å². The summed E-state index contributed by atoms with van der Waals surface area (Å²) in [6.45, 7) is 3.15. The fourth-order valence-electron chi connectivity index (χ4n) is 1.16. The van der Waals surface area contributed by atoms with Crippen LogP contribution in [-0.4, -0.2) is 23.4 Å². The van der Waals surface area contributed by atoms with E-state index in [2.05, 4.69) is 17.3 Å². The molecule has 0 saturated heterocycles. The Kier molecular flexibility index (Phi) is 3.11. The van der Waals surface area contributed by atoms with Crippen molar-refractivity contribution < 1.29 is 0 Å². The minimum absolute atomic E-state index is 0.495. The molecule has 1 aromatic heterocycles. The summed E-state index contributed by atoms with van der Waals surface area (Å²) in [4.78, 5) is 0. The van der Waals surface area contributed by atoms with Gasteiger partial charge < -0.3 is 5.32 Å². The van der Waals surface area contributed by atoms with Gasteiger partial charge in [0.25, 0.3) is 0 Å². The van der Waals surface area contributed by atoms with Crippen LogP contribution < -0.4 is 5.32 Å². The van der Waals surface area contributed by atoms with Crippen LogP contribution in [0.1, 0.15) is 19.4 Å². The fourth-order valence-corrected chi connectivity index (χ4v) is 1.16. The zero-order chi connectivity index (χ0) is 8.10. The second-order valence-corrected chi connectivity index (χ2v) is 2.61. The number of rotatable bonds is 4. The molecule has 0 amide bonds. The Morgan fingerprint density at radius 3 is 2.91 bits per heavy atom. The van der Waals surface area contributed by atoms with Gasteiger partial charge in [0.15, 0.2) is 0 Å². The van der Waals surface area contributed by atoms with E-state index in [0.29, 0.717) is 6.04 Å². The number of hydrogen-bond acceptors (Lipinski definition) is 2. The van der Waals surface area contributed by atoms with E-state index in [1.807, 2.05) is 30.2 Å². The van der Waals surface area contributed by atoms with Crippen LogP contribution in [0.15, 0.2) is 18.5 Å². The van der Waals surface area contributed by atoms with Gasteiger partial charge in [0, 0.05) is 18.9 Å². The minimum atomic E-state index is 0.495. The third-order valence-electron chi connectivity index (χ3n) is 1.81. The van der Waals surface area contributed by atoms with Crippen LogP contribution >= 0.6 is 0 Å². The maximum Gasteiger partial charge on any atom is 0.0640 e.